The van der Waals surface area contributed by atoms with Crippen LogP contribution in [0.15, 0.2) is 36.5 Å². The van der Waals surface area contributed by atoms with E-state index in [1.807, 2.05) is 13.0 Å². The van der Waals surface area contributed by atoms with Crippen molar-refractivity contribution >= 4 is 23.3 Å². The van der Waals surface area contributed by atoms with Crippen LogP contribution in [-0.2, 0) is 11.2 Å². The molecule has 0 saturated heterocycles. The number of benzene rings is 1. The number of hydrogen-bond acceptors (Lipinski definition) is 3. The number of halogens is 1. The van der Waals surface area contributed by atoms with Crippen molar-refractivity contribution in [3.8, 4) is 5.75 Å². The average Bonchev–Trinajstić information content (AvgIpc) is 2.39. The minimum Gasteiger partial charge on any atom is -0.496 e. The van der Waals surface area contributed by atoms with Crippen molar-refractivity contribution in [3.63, 3.8) is 0 Å². The molecule has 20 heavy (non-hydrogen) atoms. The van der Waals surface area contributed by atoms with Gasteiger partial charge in [-0.25, -0.2) is 4.98 Å². The first-order valence-corrected chi connectivity index (χ1v) is 6.52. The van der Waals surface area contributed by atoms with Gasteiger partial charge >= 0.3 is 0 Å². The number of methoxy groups -OCH3 is 1. The highest BCUT2D eigenvalue weighted by molar-refractivity contribution is 6.30. The summed E-state index contributed by atoms with van der Waals surface area (Å²) >= 11 is 6.02. The van der Waals surface area contributed by atoms with Gasteiger partial charge in [0.25, 0.3) is 0 Å². The summed E-state index contributed by atoms with van der Waals surface area (Å²) in [5, 5.41) is 3.32. The SMILES string of the molecule is COc1c(C)cc(Cl)cc1CC(=O)Nc1ccccn1. The lowest BCUT2D eigenvalue weighted by Crippen LogP contribution is -2.15. The molecular formula is C15H15ClN2O2. The zero-order chi connectivity index (χ0) is 14.5. The number of pyridine rings is 1. The van der Waals surface area contributed by atoms with Crippen molar-refractivity contribution in [1.82, 2.24) is 4.98 Å². The third kappa shape index (κ3) is 3.48. The number of aryl methyl sites for hydroxylation is 1. The van der Waals surface area contributed by atoms with E-state index in [1.54, 1.807) is 37.6 Å². The van der Waals surface area contributed by atoms with Gasteiger partial charge in [-0.2, -0.15) is 0 Å². The molecule has 5 heteroatoms. The third-order valence-corrected chi connectivity index (χ3v) is 3.02. The molecule has 1 heterocycles. The van der Waals surface area contributed by atoms with Crippen molar-refractivity contribution < 1.29 is 9.53 Å². The highest BCUT2D eigenvalue weighted by atomic mass is 35.5. The Morgan fingerprint density at radius 3 is 2.85 bits per heavy atom. The molecule has 1 N–H and O–H groups in total. The summed E-state index contributed by atoms with van der Waals surface area (Å²) in [5.74, 6) is 1.05. The number of amides is 1. The molecule has 2 rings (SSSR count). The summed E-state index contributed by atoms with van der Waals surface area (Å²) in [4.78, 5) is 16.1. The molecule has 4 nitrogen and oxygen atoms in total. The molecule has 0 bridgehead atoms. The Hall–Kier alpha value is -2.07. The molecule has 104 valence electrons. The topological polar surface area (TPSA) is 51.2 Å². The predicted octanol–water partition coefficient (Wildman–Crippen LogP) is 3.23. The van der Waals surface area contributed by atoms with Crippen molar-refractivity contribution in [2.45, 2.75) is 13.3 Å². The van der Waals surface area contributed by atoms with Gasteiger partial charge in [0, 0.05) is 16.8 Å². The predicted molar refractivity (Wildman–Crippen MR) is 79.3 cm³/mol. The van der Waals surface area contributed by atoms with Gasteiger partial charge in [-0.1, -0.05) is 17.7 Å². The van der Waals surface area contributed by atoms with Gasteiger partial charge in [-0.15, -0.1) is 0 Å². The van der Waals surface area contributed by atoms with E-state index in [2.05, 4.69) is 10.3 Å². The largest absolute Gasteiger partial charge is 0.496 e. The van der Waals surface area contributed by atoms with Crippen LogP contribution in [0.2, 0.25) is 5.02 Å². The minimum absolute atomic E-state index is 0.163. The van der Waals surface area contributed by atoms with E-state index in [0.29, 0.717) is 16.6 Å². The summed E-state index contributed by atoms with van der Waals surface area (Å²) < 4.78 is 5.33. The fourth-order valence-corrected chi connectivity index (χ4v) is 2.31. The zero-order valence-electron chi connectivity index (χ0n) is 11.3. The summed E-state index contributed by atoms with van der Waals surface area (Å²) in [6.45, 7) is 1.89. The number of hydrogen-bond donors (Lipinski definition) is 1. The highest BCUT2D eigenvalue weighted by Crippen LogP contribution is 2.28. The van der Waals surface area contributed by atoms with E-state index in [4.69, 9.17) is 16.3 Å². The van der Waals surface area contributed by atoms with E-state index in [-0.39, 0.29) is 12.3 Å². The van der Waals surface area contributed by atoms with Gasteiger partial charge in [-0.05, 0) is 36.8 Å². The van der Waals surface area contributed by atoms with E-state index < -0.39 is 0 Å². The molecule has 2 aromatic rings. The Kier molecular flexibility index (Phi) is 4.58. The molecule has 0 fully saturated rings. The van der Waals surface area contributed by atoms with Crippen LogP contribution >= 0.6 is 11.6 Å². The van der Waals surface area contributed by atoms with Crippen molar-refractivity contribution in [2.75, 3.05) is 12.4 Å². The highest BCUT2D eigenvalue weighted by Gasteiger charge is 2.12. The van der Waals surface area contributed by atoms with E-state index in [0.717, 1.165) is 11.1 Å². The smallest absolute Gasteiger partial charge is 0.230 e. The first-order chi connectivity index (χ1) is 9.60. The van der Waals surface area contributed by atoms with Crippen LogP contribution in [-0.4, -0.2) is 18.0 Å². The number of nitrogens with zero attached hydrogens (tertiary/aromatic N) is 1. The van der Waals surface area contributed by atoms with Crippen molar-refractivity contribution in [1.29, 1.82) is 0 Å². The van der Waals surface area contributed by atoms with Crippen LogP contribution in [0.3, 0.4) is 0 Å². The first kappa shape index (κ1) is 14.3. The zero-order valence-corrected chi connectivity index (χ0v) is 12.1. The second kappa shape index (κ2) is 6.39. The molecule has 0 radical (unpaired) electrons. The maximum absolute atomic E-state index is 12.0. The molecule has 0 unspecified atom stereocenters. The Balaban J connectivity index is 2.15. The van der Waals surface area contributed by atoms with Gasteiger partial charge in [-0.3, -0.25) is 4.79 Å². The summed E-state index contributed by atoms with van der Waals surface area (Å²) in [7, 11) is 1.58. The molecule has 1 aromatic carbocycles. The van der Waals surface area contributed by atoms with Crippen molar-refractivity contribution in [2.24, 2.45) is 0 Å². The minimum atomic E-state index is -0.163. The standard InChI is InChI=1S/C15H15ClN2O2/c1-10-7-12(16)8-11(15(10)20-2)9-14(19)18-13-5-3-4-6-17-13/h3-8H,9H2,1-2H3,(H,17,18,19). The number of ether oxygens (including phenoxy) is 1. The number of nitrogens with one attached hydrogen (secondary N) is 1. The van der Waals surface area contributed by atoms with Crippen LogP contribution < -0.4 is 10.1 Å². The fraction of sp³-hybridized carbons (Fsp3) is 0.200. The Bertz CT molecular complexity index is 615. The second-order valence-electron chi connectivity index (χ2n) is 4.35. The maximum Gasteiger partial charge on any atom is 0.230 e. The van der Waals surface area contributed by atoms with E-state index in [1.165, 1.54) is 0 Å². The molecule has 0 atom stereocenters. The number of aromatic nitrogens is 1. The summed E-state index contributed by atoms with van der Waals surface area (Å²) in [5.41, 5.74) is 1.66. The van der Waals surface area contributed by atoms with Gasteiger partial charge < -0.3 is 10.1 Å². The van der Waals surface area contributed by atoms with Crippen LogP contribution in [0, 0.1) is 6.92 Å². The Morgan fingerprint density at radius 1 is 1.40 bits per heavy atom. The van der Waals surface area contributed by atoms with Crippen LogP contribution in [0.4, 0.5) is 5.82 Å². The molecule has 0 spiro atoms. The van der Waals surface area contributed by atoms with Crippen LogP contribution in [0.1, 0.15) is 11.1 Å². The summed E-state index contributed by atoms with van der Waals surface area (Å²) in [6, 6.07) is 8.88. The lowest BCUT2D eigenvalue weighted by Gasteiger charge is -2.12. The van der Waals surface area contributed by atoms with Crippen molar-refractivity contribution in [3.05, 3.63) is 52.7 Å². The summed E-state index contributed by atoms with van der Waals surface area (Å²) in [6.07, 6.45) is 1.81. The second-order valence-corrected chi connectivity index (χ2v) is 4.79. The lowest BCUT2D eigenvalue weighted by molar-refractivity contribution is -0.115. The van der Waals surface area contributed by atoms with E-state index >= 15 is 0 Å². The molecule has 0 aliphatic rings. The van der Waals surface area contributed by atoms with Gasteiger partial charge in [0.2, 0.25) is 5.91 Å². The third-order valence-electron chi connectivity index (χ3n) is 2.80. The molecule has 1 amide bonds. The molecule has 0 aliphatic heterocycles. The van der Waals surface area contributed by atoms with Gasteiger partial charge in [0.05, 0.1) is 13.5 Å². The Labute approximate surface area is 122 Å². The Morgan fingerprint density at radius 2 is 2.20 bits per heavy atom. The molecule has 0 aliphatic carbocycles. The molecule has 1 aromatic heterocycles. The number of carbonyl (C=O) groups is 1. The quantitative estimate of drug-likeness (QED) is 0.940. The van der Waals surface area contributed by atoms with Crippen LogP contribution in [0.25, 0.3) is 0 Å². The molecular weight excluding hydrogens is 276 g/mol. The van der Waals surface area contributed by atoms with E-state index in [9.17, 15) is 4.79 Å². The first-order valence-electron chi connectivity index (χ1n) is 6.14. The van der Waals surface area contributed by atoms with Gasteiger partial charge in [0.15, 0.2) is 0 Å². The number of anilines is 1. The maximum atomic E-state index is 12.0. The average molecular weight is 291 g/mol. The lowest BCUT2D eigenvalue weighted by atomic mass is 10.1. The number of rotatable bonds is 4. The fourth-order valence-electron chi connectivity index (χ4n) is 2.02. The molecule has 0 saturated carbocycles. The monoisotopic (exact) mass is 290 g/mol. The van der Waals surface area contributed by atoms with Gasteiger partial charge in [0.1, 0.15) is 11.6 Å². The van der Waals surface area contributed by atoms with Crippen LogP contribution in [0.5, 0.6) is 5.75 Å². The normalized spacial score (nSPS) is 10.2. The number of carbonyl (C=O) groups excluding carboxylic acids is 1.